The van der Waals surface area contributed by atoms with Crippen molar-refractivity contribution >= 4 is 47.5 Å². The number of rotatable bonds is 21. The van der Waals surface area contributed by atoms with Gasteiger partial charge in [-0.15, -0.1) is 0 Å². The van der Waals surface area contributed by atoms with Gasteiger partial charge in [-0.25, -0.2) is 0 Å². The van der Waals surface area contributed by atoms with E-state index in [1.807, 2.05) is 97.0 Å². The molecule has 0 saturated carbocycles. The van der Waals surface area contributed by atoms with Gasteiger partial charge in [-0.3, -0.25) is 76.3 Å². The number of nitrogens with two attached hydrogens (primary N) is 2. The van der Waals surface area contributed by atoms with Gasteiger partial charge in [0.15, 0.2) is 22.8 Å². The van der Waals surface area contributed by atoms with E-state index in [1.54, 1.807) is 66.0 Å². The van der Waals surface area contributed by atoms with Crippen LogP contribution in [0.2, 0.25) is 0 Å². The number of aryl methyl sites for hydroxylation is 8. The highest BCUT2D eigenvalue weighted by Gasteiger charge is 2.48. The first-order valence-electron chi connectivity index (χ1n) is 50.7. The van der Waals surface area contributed by atoms with Crippen molar-refractivity contribution in [3.05, 3.63) is 372 Å². The lowest BCUT2D eigenvalue weighted by atomic mass is 9.81. The van der Waals surface area contributed by atoms with Gasteiger partial charge in [-0.05, 0) is 187 Å². The zero-order chi connectivity index (χ0) is 104. The lowest BCUT2D eigenvalue weighted by Crippen LogP contribution is -2.50. The summed E-state index contributed by atoms with van der Waals surface area (Å²) >= 11 is 0. The second-order valence-corrected chi connectivity index (χ2v) is 39.5. The number of likely N-dealkylation sites (N-methyl/N-ethyl adjacent to an activating group) is 3. The number of esters is 4. The Labute approximate surface area is 851 Å². The molecule has 6 atom stereocenters. The summed E-state index contributed by atoms with van der Waals surface area (Å²) < 4.78 is 39.0. The smallest absolute Gasteiger partial charge is 0.326 e. The second-order valence-electron chi connectivity index (χ2n) is 39.5. The van der Waals surface area contributed by atoms with Gasteiger partial charge in [-0.1, -0.05) is 236 Å². The van der Waals surface area contributed by atoms with Crippen molar-refractivity contribution in [2.45, 2.75) is 200 Å². The van der Waals surface area contributed by atoms with Gasteiger partial charge in [-0.2, -0.15) is 20.4 Å². The molecule has 0 saturated heterocycles. The van der Waals surface area contributed by atoms with Gasteiger partial charge >= 0.3 is 23.9 Å². The average molecular weight is 1990 g/mol. The lowest BCUT2D eigenvalue weighted by Gasteiger charge is -2.41. The maximum atomic E-state index is 13.8. The van der Waals surface area contributed by atoms with Crippen LogP contribution in [0.3, 0.4) is 0 Å². The molecule has 0 bridgehead atoms. The van der Waals surface area contributed by atoms with Crippen LogP contribution < -0.4 is 52.1 Å². The van der Waals surface area contributed by atoms with Crippen LogP contribution in [-0.4, -0.2) is 184 Å². The number of nitrogens with zero attached hydrogens (tertiary/aromatic N) is 12. The monoisotopic (exact) mass is 1990 g/mol. The number of amides is 4. The van der Waals surface area contributed by atoms with E-state index in [0.717, 1.165) is 70.0 Å². The quantitative estimate of drug-likeness (QED) is 0.0498. The van der Waals surface area contributed by atoms with Crippen LogP contribution in [0, 0.1) is 17.8 Å². The van der Waals surface area contributed by atoms with Gasteiger partial charge < -0.3 is 59.5 Å². The maximum Gasteiger partial charge on any atom is 0.326 e. The van der Waals surface area contributed by atoms with E-state index in [0.29, 0.717) is 45.8 Å². The van der Waals surface area contributed by atoms with Crippen LogP contribution in [0.15, 0.2) is 238 Å². The summed E-state index contributed by atoms with van der Waals surface area (Å²) in [5.41, 5.74) is 29.3. The van der Waals surface area contributed by atoms with Gasteiger partial charge in [0.05, 0.1) is 54.9 Å². The van der Waals surface area contributed by atoms with Crippen molar-refractivity contribution < 1.29 is 66.8 Å². The fourth-order valence-corrected chi connectivity index (χ4v) is 21.7. The molecule has 32 heteroatoms. The fraction of sp³-hybridized carbons (Fsp3) is 0.374. The van der Waals surface area contributed by atoms with Gasteiger partial charge in [0.2, 0.25) is 58.3 Å². The van der Waals surface area contributed by atoms with Crippen LogP contribution in [0.5, 0.6) is 23.0 Å². The van der Waals surface area contributed by atoms with Crippen molar-refractivity contribution in [3.63, 3.8) is 0 Å². The van der Waals surface area contributed by atoms with Crippen molar-refractivity contribution in [1.82, 2.24) is 58.7 Å². The lowest BCUT2D eigenvalue weighted by molar-refractivity contribution is -0.153. The molecule has 8 aliphatic rings. The molecule has 4 aliphatic carbocycles. The Morgan fingerprint density at radius 3 is 0.789 bits per heavy atom. The summed E-state index contributed by atoms with van der Waals surface area (Å²) in [6, 6.07) is 64.3. The Morgan fingerprint density at radius 2 is 0.551 bits per heavy atom. The van der Waals surface area contributed by atoms with Crippen LogP contribution >= 0.6 is 0 Å². The molecule has 0 radical (unpaired) electrons. The molecule has 20 rings (SSSR count). The Hall–Kier alpha value is -15.4. The van der Waals surface area contributed by atoms with E-state index in [4.69, 9.17) is 39.9 Å². The molecule has 0 fully saturated rings. The number of hydrogen-bond donors (Lipinski definition) is 2. The summed E-state index contributed by atoms with van der Waals surface area (Å²) in [5.74, 6) is -5.84. The summed E-state index contributed by atoms with van der Waals surface area (Å²) in [6.45, 7) is 23.4. The van der Waals surface area contributed by atoms with Crippen LogP contribution in [0.4, 0.5) is 0 Å². The molecule has 12 aromatic rings. The van der Waals surface area contributed by atoms with Crippen LogP contribution in [0.1, 0.15) is 262 Å². The molecule has 4 amide bonds. The van der Waals surface area contributed by atoms with Crippen molar-refractivity contribution in [2.75, 3.05) is 59.4 Å². The summed E-state index contributed by atoms with van der Waals surface area (Å²) in [5, 5.41) is 17.8. The highest BCUT2D eigenvalue weighted by atomic mass is 16.7. The van der Waals surface area contributed by atoms with Gasteiger partial charge in [0.25, 0.3) is 23.6 Å². The van der Waals surface area contributed by atoms with Crippen molar-refractivity contribution in [3.8, 4) is 23.0 Å². The molecule has 4 aromatic heterocycles. The first kappa shape index (κ1) is 103. The highest BCUT2D eigenvalue weighted by Crippen LogP contribution is 2.50. The molecular weight excluding hydrogens is 1870 g/mol. The van der Waals surface area contributed by atoms with Crippen LogP contribution in [-0.2, 0) is 80.0 Å². The number of ether oxygens (including phenoxy) is 6. The molecule has 32 nitrogen and oxygen atoms in total. The minimum absolute atomic E-state index is 0.0370. The van der Waals surface area contributed by atoms with Crippen molar-refractivity contribution in [2.24, 2.45) is 29.2 Å². The van der Waals surface area contributed by atoms with E-state index in [1.165, 1.54) is 102 Å². The summed E-state index contributed by atoms with van der Waals surface area (Å²) in [7, 11) is 0. The Kier molecular flexibility index (Phi) is 31.3. The standard InChI is InChI=1S/C31H36N4O5.C30H34N4O5.C28H29N3O4.C26H25N3O4/c1-18(2)27(32)31(38)40-17-39-29-25(36)15-33-35-24(16-34(19(3)4)30(37)28(29)35)26-22-11-7-5-9-20(22)13-14-21-10-6-8-12-23(21)26;1-4-33-16-23(25-21-11-7-5-9-19(21)13-14-20-10-6-8-12-22(20)25)34-27(29(33)36)28(24(35)15-32-34)38-17-39-30(37)26(31)18(2)3;1-4-30-16-22(31-25(27(30)33)26(23(32)15-29-31)35-28(34)17(2)3)24-20-11-7-5-9-18(20)13-14-19-10-6-8-12-21(19)24;1-3-28-15-21(29-24(26(28)32)25(33-16(2)30)22(31)14-27-29)23-19-10-6-4-8-17(19)12-13-18-9-5-7-11-20(18)23/h5-12,15,18-19,24,26-27H,13-14,16-17,32H2,1-4H3;5-12,15,18,23,25-26H,4,13-14,16-17,31H2,1-3H3;5-12,15,17,22,24H,4,13-14,16H2,1-3H3;4-11,14,21,23H,3,12-13,15H2,1-2H3. The van der Waals surface area contributed by atoms with E-state index in [2.05, 4.69) is 166 Å². The fourth-order valence-electron chi connectivity index (χ4n) is 21.7. The Morgan fingerprint density at radius 1 is 0.320 bits per heavy atom. The predicted octanol–water partition coefficient (Wildman–Crippen LogP) is 13.4. The molecule has 147 heavy (non-hydrogen) atoms. The van der Waals surface area contributed by atoms with Crippen LogP contribution in [0.25, 0.3) is 0 Å². The molecular formula is C115H124N14O18. The number of carbonyl (C=O) groups excluding carboxylic acids is 8. The highest BCUT2D eigenvalue weighted by molar-refractivity contribution is 5.99. The number of fused-ring (bicyclic) bond motifs is 12. The molecule has 0 spiro atoms. The molecule has 8 aromatic carbocycles. The van der Waals surface area contributed by atoms with Gasteiger partial charge in [0, 0.05) is 82.5 Å². The predicted molar refractivity (Wildman–Crippen MR) is 550 cm³/mol. The molecule has 4 N–H and O–H groups in total. The largest absolute Gasteiger partial charge is 0.451 e. The van der Waals surface area contributed by atoms with Gasteiger partial charge in [0.1, 0.15) is 12.1 Å². The Balaban J connectivity index is 0.000000134. The first-order valence-corrected chi connectivity index (χ1v) is 50.7. The summed E-state index contributed by atoms with van der Waals surface area (Å²) in [4.78, 5) is 161. The minimum atomic E-state index is -0.825. The number of hydrogen-bond acceptors (Lipinski definition) is 24. The maximum absolute atomic E-state index is 13.8. The minimum Gasteiger partial charge on any atom is -0.451 e. The van der Waals surface area contributed by atoms with Crippen molar-refractivity contribution in [1.29, 1.82) is 0 Å². The first-order chi connectivity index (χ1) is 70.9. The third kappa shape index (κ3) is 20.7. The van der Waals surface area contributed by atoms with E-state index >= 15 is 0 Å². The zero-order valence-corrected chi connectivity index (χ0v) is 84.8. The average Bonchev–Trinajstić information content (AvgIpc) is 1.74. The third-order valence-corrected chi connectivity index (χ3v) is 29.5. The molecule has 4 aliphatic heterocycles. The molecule has 762 valence electrons. The number of benzene rings is 8. The Bertz CT molecular complexity index is 7120. The molecule has 6 unspecified atom stereocenters. The second kappa shape index (κ2) is 44.6. The zero-order valence-electron chi connectivity index (χ0n) is 84.8. The topological polar surface area (TPSA) is 396 Å². The molecule has 8 heterocycles. The SMILES string of the molecule is CC(C)C(N)C(=O)OCOc1c2n(ncc1=O)C(C1c3ccccc3CCc3ccccc31)CN(C(C)C)C2=O.CCN1CC(C2c3ccccc3CCc3ccccc32)n2ncc(=O)c(OC(=O)C(C)C)c2C1=O.CCN1CC(C2c3ccccc3CCc3ccccc32)n2ncc(=O)c(OC(C)=O)c2C1=O.CCN1CC(C2c3ccccc3CCc3ccccc32)n2ncc(=O)c(OCOC(=O)C(N)C(C)C)c2C1=O. The number of aromatic nitrogens is 8. The third-order valence-electron chi connectivity index (χ3n) is 29.5. The normalized spacial score (nSPS) is 17.6. The van der Waals surface area contributed by atoms with E-state index in [-0.39, 0.29) is 135 Å². The number of carbonyl (C=O) groups is 8. The van der Waals surface area contributed by atoms with E-state index < -0.39 is 77.2 Å². The summed E-state index contributed by atoms with van der Waals surface area (Å²) in [6.07, 6.45) is 12.0. The van der Waals surface area contributed by atoms with E-state index in [9.17, 15) is 57.5 Å².